The lowest BCUT2D eigenvalue weighted by Gasteiger charge is -2.08. The molecule has 3 aromatic carbocycles. The van der Waals surface area contributed by atoms with E-state index < -0.39 is 5.91 Å². The normalized spacial score (nSPS) is 11.1. The van der Waals surface area contributed by atoms with Gasteiger partial charge in [0.1, 0.15) is 5.75 Å². The zero-order valence-electron chi connectivity index (χ0n) is 13.9. The largest absolute Gasteiger partial charge is 0.497 e. The second-order valence-electron chi connectivity index (χ2n) is 6.10. The fourth-order valence-corrected chi connectivity index (χ4v) is 3.26. The van der Waals surface area contributed by atoms with Crippen molar-refractivity contribution in [3.63, 3.8) is 0 Å². The van der Waals surface area contributed by atoms with Crippen LogP contribution in [0.3, 0.4) is 0 Å². The summed E-state index contributed by atoms with van der Waals surface area (Å²) in [5.74, 6) is 0.328. The average molecular weight is 330 g/mol. The molecule has 0 fully saturated rings. The Kier molecular flexibility index (Phi) is 3.65. The van der Waals surface area contributed by atoms with E-state index in [1.165, 1.54) is 10.8 Å². The molecule has 124 valence electrons. The smallest absolute Gasteiger partial charge is 0.250 e. The number of nitrogens with two attached hydrogens (primary N) is 1. The number of carbonyl (C=O) groups excluding carboxylic acids is 1. The summed E-state index contributed by atoms with van der Waals surface area (Å²) in [6.45, 7) is 0.655. The van der Waals surface area contributed by atoms with Crippen LogP contribution in [0.4, 0.5) is 0 Å². The Bertz CT molecular complexity index is 1100. The van der Waals surface area contributed by atoms with Crippen molar-refractivity contribution in [2.75, 3.05) is 7.11 Å². The molecule has 0 aliphatic rings. The summed E-state index contributed by atoms with van der Waals surface area (Å²) in [4.78, 5) is 11.8. The number of methoxy groups -OCH3 is 1. The number of benzene rings is 3. The predicted molar refractivity (Wildman–Crippen MR) is 100 cm³/mol. The molecule has 4 rings (SSSR count). The van der Waals surface area contributed by atoms with Gasteiger partial charge in [0.05, 0.1) is 18.2 Å². The van der Waals surface area contributed by atoms with E-state index >= 15 is 0 Å². The van der Waals surface area contributed by atoms with E-state index in [9.17, 15) is 4.79 Å². The molecular formula is C21H18N2O2. The molecule has 0 unspecified atom stereocenters. The highest BCUT2D eigenvalue weighted by Crippen LogP contribution is 2.27. The Morgan fingerprint density at radius 1 is 1.04 bits per heavy atom. The number of hydrogen-bond donors (Lipinski definition) is 1. The van der Waals surface area contributed by atoms with Crippen LogP contribution >= 0.6 is 0 Å². The average Bonchev–Trinajstić information content (AvgIpc) is 2.99. The molecule has 0 radical (unpaired) electrons. The van der Waals surface area contributed by atoms with Gasteiger partial charge in [0, 0.05) is 24.2 Å². The number of hydrogen-bond acceptors (Lipinski definition) is 2. The quantitative estimate of drug-likeness (QED) is 0.616. The van der Waals surface area contributed by atoms with E-state index in [1.54, 1.807) is 7.11 Å². The van der Waals surface area contributed by atoms with Crippen LogP contribution in [-0.2, 0) is 6.54 Å². The minimum atomic E-state index is -0.424. The zero-order chi connectivity index (χ0) is 17.4. The Morgan fingerprint density at radius 3 is 2.60 bits per heavy atom. The number of amides is 1. The molecule has 0 saturated carbocycles. The van der Waals surface area contributed by atoms with Gasteiger partial charge in [-0.3, -0.25) is 4.79 Å². The number of fused-ring (bicyclic) bond motifs is 2. The van der Waals surface area contributed by atoms with Crippen LogP contribution in [0.15, 0.2) is 66.9 Å². The molecule has 4 nitrogen and oxygen atoms in total. The topological polar surface area (TPSA) is 57.2 Å². The first-order valence-corrected chi connectivity index (χ1v) is 8.10. The maximum atomic E-state index is 11.8. The van der Waals surface area contributed by atoms with Crippen LogP contribution < -0.4 is 10.5 Å². The van der Waals surface area contributed by atoms with Crippen molar-refractivity contribution < 1.29 is 9.53 Å². The summed E-state index contributed by atoms with van der Waals surface area (Å²) in [6, 6.07) is 20.3. The van der Waals surface area contributed by atoms with Gasteiger partial charge in [-0.2, -0.15) is 0 Å². The molecule has 0 aliphatic carbocycles. The highest BCUT2D eigenvalue weighted by molar-refractivity contribution is 6.06. The van der Waals surface area contributed by atoms with Gasteiger partial charge in [0.15, 0.2) is 0 Å². The fraction of sp³-hybridized carbons (Fsp3) is 0.0952. The van der Waals surface area contributed by atoms with Gasteiger partial charge in [0.2, 0.25) is 0 Å². The summed E-state index contributed by atoms with van der Waals surface area (Å²) >= 11 is 0. The number of carbonyl (C=O) groups is 1. The van der Waals surface area contributed by atoms with E-state index in [4.69, 9.17) is 10.5 Å². The Balaban J connectivity index is 1.82. The molecule has 0 atom stereocenters. The Hall–Kier alpha value is -3.27. The number of ether oxygens (including phenoxy) is 1. The van der Waals surface area contributed by atoms with Gasteiger partial charge in [-0.05, 0) is 34.5 Å². The fourth-order valence-electron chi connectivity index (χ4n) is 3.26. The number of rotatable bonds is 4. The second-order valence-corrected chi connectivity index (χ2v) is 6.10. The van der Waals surface area contributed by atoms with Crippen LogP contribution in [0.25, 0.3) is 21.7 Å². The van der Waals surface area contributed by atoms with Gasteiger partial charge in [-0.1, -0.05) is 36.4 Å². The van der Waals surface area contributed by atoms with Gasteiger partial charge in [-0.25, -0.2) is 0 Å². The van der Waals surface area contributed by atoms with Crippen molar-refractivity contribution in [1.29, 1.82) is 0 Å². The Morgan fingerprint density at radius 2 is 1.84 bits per heavy atom. The van der Waals surface area contributed by atoms with E-state index in [2.05, 4.69) is 30.3 Å². The van der Waals surface area contributed by atoms with Gasteiger partial charge < -0.3 is 15.0 Å². The summed E-state index contributed by atoms with van der Waals surface area (Å²) < 4.78 is 7.37. The summed E-state index contributed by atoms with van der Waals surface area (Å²) in [5.41, 5.74) is 8.17. The van der Waals surface area contributed by atoms with E-state index in [0.717, 1.165) is 22.2 Å². The maximum absolute atomic E-state index is 11.8. The minimum absolute atomic E-state index is 0.424. The zero-order valence-corrected chi connectivity index (χ0v) is 13.9. The lowest BCUT2D eigenvalue weighted by atomic mass is 10.1. The number of aromatic nitrogens is 1. The third-order valence-corrected chi connectivity index (χ3v) is 4.52. The van der Waals surface area contributed by atoms with Crippen LogP contribution in [0.5, 0.6) is 5.75 Å². The second kappa shape index (κ2) is 5.98. The van der Waals surface area contributed by atoms with Gasteiger partial charge >= 0.3 is 0 Å². The van der Waals surface area contributed by atoms with Crippen LogP contribution in [0.1, 0.15) is 15.9 Å². The lowest BCUT2D eigenvalue weighted by molar-refractivity contribution is 0.100. The van der Waals surface area contributed by atoms with Crippen molar-refractivity contribution in [2.24, 2.45) is 5.73 Å². The van der Waals surface area contributed by atoms with E-state index in [0.29, 0.717) is 12.1 Å². The molecule has 4 aromatic rings. The van der Waals surface area contributed by atoms with Gasteiger partial charge in [-0.15, -0.1) is 0 Å². The van der Waals surface area contributed by atoms with Crippen molar-refractivity contribution in [3.8, 4) is 5.75 Å². The monoisotopic (exact) mass is 330 g/mol. The third kappa shape index (κ3) is 2.72. The van der Waals surface area contributed by atoms with Crippen molar-refractivity contribution >= 4 is 27.6 Å². The molecule has 0 bridgehead atoms. The highest BCUT2D eigenvalue weighted by Gasteiger charge is 2.14. The molecule has 0 saturated heterocycles. The SMILES string of the molecule is COc1ccc2c(C(N)=O)cn(Cc3ccc4ccccc4c3)c2c1. The third-order valence-electron chi connectivity index (χ3n) is 4.52. The molecule has 2 N–H and O–H groups in total. The first-order chi connectivity index (χ1) is 12.2. The molecule has 1 aromatic heterocycles. The Labute approximate surface area is 145 Å². The minimum Gasteiger partial charge on any atom is -0.497 e. The maximum Gasteiger partial charge on any atom is 0.250 e. The predicted octanol–water partition coefficient (Wildman–Crippen LogP) is 3.95. The first kappa shape index (κ1) is 15.3. The van der Waals surface area contributed by atoms with Crippen molar-refractivity contribution in [3.05, 3.63) is 78.0 Å². The highest BCUT2D eigenvalue weighted by atomic mass is 16.5. The lowest BCUT2D eigenvalue weighted by Crippen LogP contribution is -2.10. The molecule has 4 heteroatoms. The molecule has 1 heterocycles. The van der Waals surface area contributed by atoms with E-state index in [-0.39, 0.29) is 0 Å². The molecule has 25 heavy (non-hydrogen) atoms. The van der Waals surface area contributed by atoms with Crippen LogP contribution in [-0.4, -0.2) is 17.6 Å². The summed E-state index contributed by atoms with van der Waals surface area (Å²) in [6.07, 6.45) is 1.82. The molecule has 1 amide bonds. The van der Waals surface area contributed by atoms with Crippen LogP contribution in [0.2, 0.25) is 0 Å². The number of primary amides is 1. The molecule has 0 spiro atoms. The van der Waals surface area contributed by atoms with Gasteiger partial charge in [0.25, 0.3) is 5.91 Å². The van der Waals surface area contributed by atoms with Crippen molar-refractivity contribution in [1.82, 2.24) is 4.57 Å². The van der Waals surface area contributed by atoms with Crippen molar-refractivity contribution in [2.45, 2.75) is 6.54 Å². The molecular weight excluding hydrogens is 312 g/mol. The van der Waals surface area contributed by atoms with Crippen LogP contribution in [0, 0.1) is 0 Å². The molecule has 0 aliphatic heterocycles. The standard InChI is InChI=1S/C21H18N2O2/c1-25-17-8-9-18-19(21(22)24)13-23(20(18)11-17)12-14-6-7-15-4-2-3-5-16(15)10-14/h2-11,13H,12H2,1H3,(H2,22,24). The first-order valence-electron chi connectivity index (χ1n) is 8.10. The summed E-state index contributed by atoms with van der Waals surface area (Å²) in [7, 11) is 1.63. The number of nitrogens with zero attached hydrogens (tertiary/aromatic N) is 1. The summed E-state index contributed by atoms with van der Waals surface area (Å²) in [5, 5.41) is 3.25. The van der Waals surface area contributed by atoms with E-state index in [1.807, 2.05) is 41.1 Å².